The third kappa shape index (κ3) is 28.2. The Kier molecular flexibility index (Phi) is 35.4. The molecule has 22 unspecified atom stereocenters. The second-order valence-corrected chi connectivity index (χ2v) is 33.9. The minimum Gasteiger partial charge on any atom is -0.481 e. The second kappa shape index (κ2) is 41.6. The molecule has 0 aromatic carbocycles. The zero-order chi connectivity index (χ0) is 63.2. The monoisotopic (exact) mass is 1230 g/mol. The lowest BCUT2D eigenvalue weighted by Crippen LogP contribution is -2.14. The van der Waals surface area contributed by atoms with Gasteiger partial charge in [-0.15, -0.1) is 0 Å². The Balaban J connectivity index is 1.000. The van der Waals surface area contributed by atoms with Gasteiger partial charge in [-0.25, -0.2) is 0 Å². The summed E-state index contributed by atoms with van der Waals surface area (Å²) in [6.07, 6.45) is 57.6. The highest BCUT2D eigenvalue weighted by Gasteiger charge is 2.39. The van der Waals surface area contributed by atoms with Crippen LogP contribution in [0, 0.1) is 130 Å². The molecule has 6 saturated carbocycles. The van der Waals surface area contributed by atoms with Crippen molar-refractivity contribution in [1.29, 1.82) is 0 Å². The highest BCUT2D eigenvalue weighted by Crippen LogP contribution is 2.50. The Morgan fingerprint density at radius 2 is 0.648 bits per heavy atom. The number of hydrogen-bond acceptors (Lipinski definition) is 6. The van der Waals surface area contributed by atoms with Crippen molar-refractivity contribution < 1.29 is 38.9 Å². The number of carboxylic acid groups (broad SMARTS) is 2. The normalized spacial score (nSPS) is 30.8. The minimum atomic E-state index is -0.652. The molecule has 88 heavy (non-hydrogen) atoms. The third-order valence-corrected chi connectivity index (χ3v) is 26.7. The van der Waals surface area contributed by atoms with E-state index in [0.717, 1.165) is 119 Å². The summed E-state index contributed by atoms with van der Waals surface area (Å²) in [5, 5.41) is 18.4. The molecule has 0 bridgehead atoms. The van der Waals surface area contributed by atoms with Crippen LogP contribution in [0.2, 0.25) is 0 Å². The Bertz CT molecular complexity index is 1750. The molecule has 6 rings (SSSR count). The molecule has 22 atom stereocenters. The fourth-order valence-corrected chi connectivity index (χ4v) is 20.5. The van der Waals surface area contributed by atoms with Gasteiger partial charge in [0.05, 0.1) is 13.2 Å². The predicted octanol–water partition coefficient (Wildman–Crippen LogP) is 22.5. The minimum absolute atomic E-state index is 0.295. The van der Waals surface area contributed by atoms with Crippen molar-refractivity contribution in [3.63, 3.8) is 0 Å². The molecule has 0 aromatic rings. The van der Waals surface area contributed by atoms with E-state index < -0.39 is 11.9 Å². The van der Waals surface area contributed by atoms with Crippen LogP contribution in [-0.4, -0.2) is 48.3 Å². The van der Waals surface area contributed by atoms with E-state index in [-0.39, 0.29) is 0 Å². The second-order valence-electron chi connectivity index (χ2n) is 33.9. The molecule has 510 valence electrons. The highest BCUT2D eigenvalue weighted by atomic mass is 16.5. The van der Waals surface area contributed by atoms with E-state index in [1.807, 2.05) is 0 Å². The maximum atomic E-state index is 11.2. The molecule has 0 spiro atoms. The van der Waals surface area contributed by atoms with Crippen molar-refractivity contribution >= 4 is 24.9 Å². The SMILES string of the molecule is CC(CCCC(C)C1CCC(CCCC(C)CC(=O)O)C1)CCC(CCCC(C)C1CCC(C2CCC(COC=O)C2)C1)CCC(CCCC(C)C1CCC(C2CCC(COC=O)C2)C1)CCC(C)CCCC(C)C1CCC(CCCC(C)CC(=O)O)C1. The summed E-state index contributed by atoms with van der Waals surface area (Å²) in [5.41, 5.74) is 0. The van der Waals surface area contributed by atoms with E-state index in [0.29, 0.717) is 62.7 Å². The number of ether oxygens (including phenoxy) is 2. The summed E-state index contributed by atoms with van der Waals surface area (Å²) < 4.78 is 10.4. The lowest BCUT2D eigenvalue weighted by molar-refractivity contribution is -0.139. The van der Waals surface area contributed by atoms with E-state index in [4.69, 9.17) is 9.47 Å². The molecule has 6 fully saturated rings. The Hall–Kier alpha value is -2.12. The lowest BCUT2D eigenvalue weighted by Gasteiger charge is -2.26. The van der Waals surface area contributed by atoms with Crippen LogP contribution in [0.1, 0.15) is 338 Å². The molecule has 6 aliphatic rings. The molecular formula is C80H142O8. The number of hydrogen-bond donors (Lipinski definition) is 2. The van der Waals surface area contributed by atoms with Gasteiger partial charge in [-0.1, -0.05) is 222 Å². The molecule has 0 aromatic heterocycles. The molecule has 0 heterocycles. The van der Waals surface area contributed by atoms with E-state index in [9.17, 15) is 29.4 Å². The number of carboxylic acids is 2. The average molecular weight is 1230 g/mol. The quantitative estimate of drug-likeness (QED) is 0.0577. The van der Waals surface area contributed by atoms with Crippen molar-refractivity contribution in [3.05, 3.63) is 0 Å². The van der Waals surface area contributed by atoms with Crippen molar-refractivity contribution in [2.24, 2.45) is 130 Å². The molecular weight excluding hydrogens is 1090 g/mol. The summed E-state index contributed by atoms with van der Waals surface area (Å²) in [6.45, 7) is 22.3. The standard InChI is InChI=1S/C80H142O8/c1-57(15-9-19-61(5)71-37-33-67(47-71)25-11-17-59(3)45-79(83)84)27-29-65(23-13-21-63(7)73-41-43-77(51-73)75-39-35-69(49-75)53-87-55-81)31-32-66(24-14-22-64(8)74-42-44-78(52-74)76-40-36-70(50-76)54-88-56-82)30-28-58(2)16-10-20-62(6)72-38-34-68(48-72)26-12-18-60(4)46-80(85)86/h55-78H,9-54H2,1-8H3,(H,83,84)(H,85,86). The van der Waals surface area contributed by atoms with E-state index in [1.165, 1.54) is 257 Å². The predicted molar refractivity (Wildman–Crippen MR) is 365 cm³/mol. The molecule has 0 radical (unpaired) electrons. The van der Waals surface area contributed by atoms with Crippen molar-refractivity contribution in [3.8, 4) is 0 Å². The Morgan fingerprint density at radius 1 is 0.341 bits per heavy atom. The first-order chi connectivity index (χ1) is 42.4. The van der Waals surface area contributed by atoms with Gasteiger partial charge >= 0.3 is 11.9 Å². The van der Waals surface area contributed by atoms with E-state index in [1.54, 1.807) is 0 Å². The topological polar surface area (TPSA) is 127 Å². The van der Waals surface area contributed by atoms with Gasteiger partial charge in [-0.2, -0.15) is 0 Å². The fourth-order valence-electron chi connectivity index (χ4n) is 20.5. The Morgan fingerprint density at radius 3 is 1.02 bits per heavy atom. The van der Waals surface area contributed by atoms with Gasteiger partial charge in [0.2, 0.25) is 0 Å². The summed E-state index contributed by atoms with van der Waals surface area (Å²) >= 11 is 0. The summed E-state index contributed by atoms with van der Waals surface area (Å²) in [7, 11) is 0. The van der Waals surface area contributed by atoms with Crippen LogP contribution in [0.4, 0.5) is 0 Å². The molecule has 2 N–H and O–H groups in total. The number of carbonyl (C=O) groups excluding carboxylic acids is 2. The number of rotatable bonds is 49. The van der Waals surface area contributed by atoms with Crippen molar-refractivity contribution in [1.82, 2.24) is 0 Å². The van der Waals surface area contributed by atoms with Crippen molar-refractivity contribution in [2.75, 3.05) is 13.2 Å². The maximum Gasteiger partial charge on any atom is 0.303 e. The zero-order valence-electron chi connectivity index (χ0n) is 58.7. The van der Waals surface area contributed by atoms with Gasteiger partial charge in [-0.05, 0) is 233 Å². The van der Waals surface area contributed by atoms with Crippen LogP contribution in [0.15, 0.2) is 0 Å². The van der Waals surface area contributed by atoms with Crippen LogP contribution >= 0.6 is 0 Å². The molecule has 0 saturated heterocycles. The summed E-state index contributed by atoms with van der Waals surface area (Å²) in [6, 6.07) is 0. The van der Waals surface area contributed by atoms with Gasteiger partial charge in [0.25, 0.3) is 12.9 Å². The fraction of sp³-hybridized carbons (Fsp3) is 0.950. The average Bonchev–Trinajstić information content (AvgIpc) is 4.58. The largest absolute Gasteiger partial charge is 0.481 e. The first-order valence-corrected chi connectivity index (χ1v) is 39.0. The smallest absolute Gasteiger partial charge is 0.303 e. The molecule has 6 aliphatic carbocycles. The summed E-state index contributed by atoms with van der Waals surface area (Å²) in [4.78, 5) is 44.2. The highest BCUT2D eigenvalue weighted by molar-refractivity contribution is 5.67. The maximum absolute atomic E-state index is 11.2. The third-order valence-electron chi connectivity index (χ3n) is 26.7. The van der Waals surface area contributed by atoms with Crippen LogP contribution in [-0.2, 0) is 28.7 Å². The number of carbonyl (C=O) groups is 4. The van der Waals surface area contributed by atoms with Crippen LogP contribution in [0.25, 0.3) is 0 Å². The first-order valence-electron chi connectivity index (χ1n) is 39.0. The molecule has 0 amide bonds. The van der Waals surface area contributed by atoms with E-state index in [2.05, 4.69) is 55.4 Å². The van der Waals surface area contributed by atoms with Gasteiger partial charge in [0.1, 0.15) is 0 Å². The van der Waals surface area contributed by atoms with Gasteiger partial charge in [-0.3, -0.25) is 19.2 Å². The van der Waals surface area contributed by atoms with Crippen molar-refractivity contribution in [2.45, 2.75) is 338 Å². The van der Waals surface area contributed by atoms with Crippen LogP contribution in [0.3, 0.4) is 0 Å². The van der Waals surface area contributed by atoms with Gasteiger partial charge in [0.15, 0.2) is 0 Å². The Labute approximate surface area is 542 Å². The lowest BCUT2D eigenvalue weighted by atomic mass is 9.79. The van der Waals surface area contributed by atoms with E-state index >= 15 is 0 Å². The van der Waals surface area contributed by atoms with Crippen LogP contribution in [0.5, 0.6) is 0 Å². The first kappa shape index (κ1) is 74.9. The molecule has 8 nitrogen and oxygen atoms in total. The van der Waals surface area contributed by atoms with Crippen LogP contribution < -0.4 is 0 Å². The zero-order valence-corrected chi connectivity index (χ0v) is 58.7. The molecule has 8 heteroatoms. The van der Waals surface area contributed by atoms with Gasteiger partial charge in [0, 0.05) is 12.8 Å². The number of aliphatic carboxylic acids is 2. The summed E-state index contributed by atoms with van der Waals surface area (Å²) in [5.74, 6) is 15.8. The van der Waals surface area contributed by atoms with Gasteiger partial charge < -0.3 is 19.7 Å². The molecule has 0 aliphatic heterocycles.